The third kappa shape index (κ3) is 1.22. The lowest BCUT2D eigenvalue weighted by Crippen LogP contribution is -2.17. The van der Waals surface area contributed by atoms with E-state index in [0.717, 1.165) is 23.6 Å². The number of halogens is 1. The van der Waals surface area contributed by atoms with Crippen molar-refractivity contribution in [2.75, 3.05) is 0 Å². The highest BCUT2D eigenvalue weighted by atomic mass is 35.5. The van der Waals surface area contributed by atoms with E-state index in [-0.39, 0.29) is 0 Å². The summed E-state index contributed by atoms with van der Waals surface area (Å²) in [7, 11) is 0. The Kier molecular flexibility index (Phi) is 2.36. The number of oxime groups is 1. The molecule has 2 bridgehead atoms. The van der Waals surface area contributed by atoms with Crippen LogP contribution < -0.4 is 0 Å². The van der Waals surface area contributed by atoms with Gasteiger partial charge in [0.05, 0.1) is 5.71 Å². The quantitative estimate of drug-likeness (QED) is 0.504. The van der Waals surface area contributed by atoms with Gasteiger partial charge in [0.2, 0.25) is 0 Å². The largest absolute Gasteiger partial charge is 0.411 e. The molecular weight excluding hydrogens is 222 g/mol. The van der Waals surface area contributed by atoms with Gasteiger partial charge in [0, 0.05) is 16.9 Å². The molecule has 2 atom stereocenters. The molecule has 86 valence electrons. The van der Waals surface area contributed by atoms with Crippen LogP contribution in [0.1, 0.15) is 39.0 Å². The highest BCUT2D eigenvalue weighted by Gasteiger charge is 2.46. The third-order valence-electron chi connectivity index (χ3n) is 4.30. The highest BCUT2D eigenvalue weighted by Crippen LogP contribution is 2.57. The molecule has 3 aliphatic rings. The van der Waals surface area contributed by atoms with Gasteiger partial charge in [-0.25, -0.2) is 0 Å². The smallest absolute Gasteiger partial charge is 0.0833 e. The molecule has 1 N–H and O–H groups in total. The Balaban J connectivity index is 2.12. The molecule has 1 saturated carbocycles. The monoisotopic (exact) mass is 237 g/mol. The van der Waals surface area contributed by atoms with Gasteiger partial charge in [-0.05, 0) is 50.2 Å². The second-order valence-electron chi connectivity index (χ2n) is 5.01. The number of hydrogen-bond acceptors (Lipinski definition) is 2. The lowest BCUT2D eigenvalue weighted by Gasteiger charge is -2.24. The van der Waals surface area contributed by atoms with Gasteiger partial charge in [-0.1, -0.05) is 22.3 Å². The second-order valence-corrected chi connectivity index (χ2v) is 5.58. The van der Waals surface area contributed by atoms with Gasteiger partial charge in [0.25, 0.3) is 0 Å². The SMILES string of the molecule is C/C(Cl)=C1/C2CCC1C1=C2CCC/C1=N\O. The van der Waals surface area contributed by atoms with Crippen molar-refractivity contribution in [3.05, 3.63) is 21.8 Å². The Morgan fingerprint density at radius 2 is 2.06 bits per heavy atom. The zero-order chi connectivity index (χ0) is 11.3. The van der Waals surface area contributed by atoms with E-state index in [9.17, 15) is 0 Å². The van der Waals surface area contributed by atoms with Crippen molar-refractivity contribution in [3.8, 4) is 0 Å². The fraction of sp³-hybridized carbons (Fsp3) is 0.615. The van der Waals surface area contributed by atoms with Crippen molar-refractivity contribution in [2.24, 2.45) is 17.0 Å². The number of rotatable bonds is 0. The van der Waals surface area contributed by atoms with Gasteiger partial charge in [-0.15, -0.1) is 0 Å². The van der Waals surface area contributed by atoms with Crippen molar-refractivity contribution in [2.45, 2.75) is 39.0 Å². The normalized spacial score (nSPS) is 38.2. The van der Waals surface area contributed by atoms with Gasteiger partial charge in [-0.3, -0.25) is 0 Å². The fourth-order valence-electron chi connectivity index (χ4n) is 3.82. The molecule has 3 rings (SSSR count). The maximum atomic E-state index is 9.10. The van der Waals surface area contributed by atoms with Crippen molar-refractivity contribution in [3.63, 3.8) is 0 Å². The molecule has 16 heavy (non-hydrogen) atoms. The van der Waals surface area contributed by atoms with E-state index in [2.05, 4.69) is 5.16 Å². The molecule has 0 saturated heterocycles. The zero-order valence-electron chi connectivity index (χ0n) is 9.46. The van der Waals surface area contributed by atoms with Crippen LogP contribution in [0.3, 0.4) is 0 Å². The Hall–Kier alpha value is -0.760. The molecule has 0 aromatic carbocycles. The van der Waals surface area contributed by atoms with Crippen LogP contribution in [0, 0.1) is 11.8 Å². The minimum Gasteiger partial charge on any atom is -0.411 e. The van der Waals surface area contributed by atoms with Gasteiger partial charge in [-0.2, -0.15) is 0 Å². The molecule has 0 radical (unpaired) electrons. The number of nitrogens with zero attached hydrogens (tertiary/aromatic N) is 1. The summed E-state index contributed by atoms with van der Waals surface area (Å²) in [6, 6.07) is 0. The first-order valence-electron chi connectivity index (χ1n) is 6.04. The van der Waals surface area contributed by atoms with E-state index in [1.807, 2.05) is 6.92 Å². The van der Waals surface area contributed by atoms with Gasteiger partial charge in [0.1, 0.15) is 0 Å². The molecule has 0 aromatic heterocycles. The lowest BCUT2D eigenvalue weighted by atomic mass is 9.81. The van der Waals surface area contributed by atoms with E-state index in [1.165, 1.54) is 36.0 Å². The third-order valence-corrected chi connectivity index (χ3v) is 4.52. The minimum absolute atomic E-state index is 0.462. The molecule has 2 unspecified atom stereocenters. The van der Waals surface area contributed by atoms with Crippen LogP contribution >= 0.6 is 11.6 Å². The summed E-state index contributed by atoms with van der Waals surface area (Å²) in [5.41, 5.74) is 5.18. The zero-order valence-corrected chi connectivity index (χ0v) is 10.2. The molecule has 2 nitrogen and oxygen atoms in total. The van der Waals surface area contributed by atoms with E-state index < -0.39 is 0 Å². The van der Waals surface area contributed by atoms with Gasteiger partial charge >= 0.3 is 0 Å². The Morgan fingerprint density at radius 1 is 1.31 bits per heavy atom. The molecule has 1 fully saturated rings. The predicted octanol–water partition coefficient (Wildman–Crippen LogP) is 3.85. The van der Waals surface area contributed by atoms with E-state index in [1.54, 1.807) is 0 Å². The second kappa shape index (κ2) is 3.63. The molecule has 0 amide bonds. The highest BCUT2D eigenvalue weighted by molar-refractivity contribution is 6.29. The number of allylic oxidation sites excluding steroid dienone is 4. The summed E-state index contributed by atoms with van der Waals surface area (Å²) < 4.78 is 0. The van der Waals surface area contributed by atoms with Crippen LogP contribution in [0.4, 0.5) is 0 Å². The Bertz CT molecular complexity index is 429. The fourth-order valence-corrected chi connectivity index (χ4v) is 4.08. The molecule has 0 aromatic rings. The number of fused-ring (bicyclic) bond motifs is 4. The van der Waals surface area contributed by atoms with Crippen LogP contribution in [0.2, 0.25) is 0 Å². The molecule has 0 spiro atoms. The van der Waals surface area contributed by atoms with Crippen molar-refractivity contribution in [1.82, 2.24) is 0 Å². The molecule has 3 heteroatoms. The topological polar surface area (TPSA) is 32.6 Å². The Morgan fingerprint density at radius 3 is 2.75 bits per heavy atom. The van der Waals surface area contributed by atoms with E-state index in [4.69, 9.17) is 16.8 Å². The Labute approximate surface area is 101 Å². The first kappa shape index (κ1) is 10.4. The van der Waals surface area contributed by atoms with Gasteiger partial charge < -0.3 is 5.21 Å². The van der Waals surface area contributed by atoms with Crippen LogP contribution in [0.25, 0.3) is 0 Å². The predicted molar refractivity (Wildman–Crippen MR) is 64.9 cm³/mol. The van der Waals surface area contributed by atoms with Crippen molar-refractivity contribution in [1.29, 1.82) is 0 Å². The van der Waals surface area contributed by atoms with E-state index >= 15 is 0 Å². The van der Waals surface area contributed by atoms with Crippen molar-refractivity contribution < 1.29 is 5.21 Å². The molecule has 3 aliphatic carbocycles. The van der Waals surface area contributed by atoms with Crippen LogP contribution in [0.15, 0.2) is 26.9 Å². The first-order chi connectivity index (χ1) is 7.74. The maximum absolute atomic E-state index is 9.10. The molecule has 0 heterocycles. The summed E-state index contributed by atoms with van der Waals surface area (Å²) in [4.78, 5) is 0. The van der Waals surface area contributed by atoms with Gasteiger partial charge in [0.15, 0.2) is 0 Å². The maximum Gasteiger partial charge on any atom is 0.0833 e. The summed E-state index contributed by atoms with van der Waals surface area (Å²) in [6.07, 6.45) is 5.63. The lowest BCUT2D eigenvalue weighted by molar-refractivity contribution is 0.316. The average Bonchev–Trinajstić information content (AvgIpc) is 2.84. The molecular formula is C13H16ClNO. The summed E-state index contributed by atoms with van der Waals surface area (Å²) in [5, 5.41) is 13.5. The van der Waals surface area contributed by atoms with Crippen LogP contribution in [0.5, 0.6) is 0 Å². The van der Waals surface area contributed by atoms with Crippen molar-refractivity contribution >= 4 is 17.3 Å². The summed E-state index contributed by atoms with van der Waals surface area (Å²) in [6.45, 7) is 2.00. The first-order valence-corrected chi connectivity index (χ1v) is 6.42. The summed E-state index contributed by atoms with van der Waals surface area (Å²) in [5.74, 6) is 1.03. The van der Waals surface area contributed by atoms with Crippen LogP contribution in [-0.2, 0) is 0 Å². The standard InChI is InChI=1S/C13H16ClNO/c1-7(14)12-9-5-6-10(12)13-8(9)3-2-4-11(13)15-16/h9-10,16H,2-6H2,1H3/b12-7+,15-11+. The average molecular weight is 238 g/mol. The summed E-state index contributed by atoms with van der Waals surface area (Å²) >= 11 is 6.22. The van der Waals surface area contributed by atoms with Crippen LogP contribution in [-0.4, -0.2) is 10.9 Å². The molecule has 0 aliphatic heterocycles. The minimum atomic E-state index is 0.462. The van der Waals surface area contributed by atoms with E-state index in [0.29, 0.717) is 11.8 Å². The number of hydrogen-bond donors (Lipinski definition) is 1.